The average Bonchev–Trinajstić information content (AvgIpc) is 3.12. The summed E-state index contributed by atoms with van der Waals surface area (Å²) in [5.74, 6) is -0.0157. The largest absolute Gasteiger partial charge is 0.342 e. The zero-order valence-electron chi connectivity index (χ0n) is 13.3. The lowest BCUT2D eigenvalue weighted by Gasteiger charge is -2.15. The van der Waals surface area contributed by atoms with Gasteiger partial charge in [-0.25, -0.2) is 0 Å². The predicted molar refractivity (Wildman–Crippen MR) is 95.4 cm³/mol. The molecule has 1 N–H and O–H groups in total. The van der Waals surface area contributed by atoms with E-state index in [9.17, 15) is 9.59 Å². The summed E-state index contributed by atoms with van der Waals surface area (Å²) < 4.78 is 0. The van der Waals surface area contributed by atoms with Crippen molar-refractivity contribution in [2.45, 2.75) is 19.3 Å². The summed E-state index contributed by atoms with van der Waals surface area (Å²) in [6.45, 7) is 1.74. The Morgan fingerprint density at radius 3 is 2.21 bits per heavy atom. The summed E-state index contributed by atoms with van der Waals surface area (Å²) in [7, 11) is 0. The molecule has 1 heterocycles. The van der Waals surface area contributed by atoms with Crippen LogP contribution < -0.4 is 5.32 Å². The van der Waals surface area contributed by atoms with Crippen molar-refractivity contribution >= 4 is 29.1 Å². The highest BCUT2D eigenvalue weighted by Gasteiger charge is 2.17. The molecule has 0 aromatic heterocycles. The molecule has 1 aliphatic rings. The van der Waals surface area contributed by atoms with Crippen LogP contribution >= 0.6 is 11.6 Å². The van der Waals surface area contributed by atoms with Gasteiger partial charge in [-0.15, -0.1) is 0 Å². The summed E-state index contributed by atoms with van der Waals surface area (Å²) >= 11 is 5.82. The van der Waals surface area contributed by atoms with E-state index in [1.54, 1.807) is 24.3 Å². The molecule has 4 nitrogen and oxygen atoms in total. The molecule has 5 heteroatoms. The number of hydrogen-bond acceptors (Lipinski definition) is 2. The van der Waals surface area contributed by atoms with Gasteiger partial charge in [0.05, 0.1) is 6.42 Å². The second-order valence-corrected chi connectivity index (χ2v) is 6.36. The number of amides is 2. The first-order chi connectivity index (χ1) is 11.6. The minimum atomic E-state index is -0.187. The molecule has 0 bridgehead atoms. The molecule has 2 amide bonds. The molecule has 0 saturated carbocycles. The third kappa shape index (κ3) is 4.15. The highest BCUT2D eigenvalue weighted by Crippen LogP contribution is 2.15. The lowest BCUT2D eigenvalue weighted by molar-refractivity contribution is -0.129. The van der Waals surface area contributed by atoms with Crippen molar-refractivity contribution in [2.75, 3.05) is 18.4 Å². The number of carbonyl (C=O) groups is 2. The fourth-order valence-corrected chi connectivity index (χ4v) is 2.89. The molecule has 2 aromatic carbocycles. The van der Waals surface area contributed by atoms with Crippen molar-refractivity contribution in [1.29, 1.82) is 0 Å². The SMILES string of the molecule is O=C(Nc1ccc(CC(=O)N2CCCC2)cc1)c1ccc(Cl)cc1. The molecule has 1 aliphatic heterocycles. The van der Waals surface area contributed by atoms with E-state index in [0.29, 0.717) is 22.7 Å². The van der Waals surface area contributed by atoms with E-state index in [-0.39, 0.29) is 11.8 Å². The fraction of sp³-hybridized carbons (Fsp3) is 0.263. The van der Waals surface area contributed by atoms with Gasteiger partial charge in [-0.2, -0.15) is 0 Å². The third-order valence-corrected chi connectivity index (χ3v) is 4.38. The van der Waals surface area contributed by atoms with Crippen LogP contribution in [0.4, 0.5) is 5.69 Å². The highest BCUT2D eigenvalue weighted by molar-refractivity contribution is 6.30. The first-order valence-corrected chi connectivity index (χ1v) is 8.43. The number of nitrogens with zero attached hydrogens (tertiary/aromatic N) is 1. The minimum Gasteiger partial charge on any atom is -0.342 e. The Hall–Kier alpha value is -2.33. The molecule has 0 unspecified atom stereocenters. The molecule has 2 aromatic rings. The van der Waals surface area contributed by atoms with Gasteiger partial charge in [0, 0.05) is 29.4 Å². The number of rotatable bonds is 4. The predicted octanol–water partition coefficient (Wildman–Crippen LogP) is 3.76. The second kappa shape index (κ2) is 7.49. The molecule has 0 atom stereocenters. The number of nitrogens with one attached hydrogen (secondary N) is 1. The Labute approximate surface area is 146 Å². The van der Waals surface area contributed by atoms with Crippen LogP contribution in [0.25, 0.3) is 0 Å². The fourth-order valence-electron chi connectivity index (χ4n) is 2.76. The van der Waals surface area contributed by atoms with Crippen LogP contribution in [0.5, 0.6) is 0 Å². The van der Waals surface area contributed by atoms with Gasteiger partial charge in [0.2, 0.25) is 5.91 Å². The summed E-state index contributed by atoms with van der Waals surface area (Å²) in [6.07, 6.45) is 2.61. The molecule has 1 fully saturated rings. The Morgan fingerprint density at radius 2 is 1.58 bits per heavy atom. The molecule has 0 spiro atoms. The van der Waals surface area contributed by atoms with Crippen LogP contribution in [0, 0.1) is 0 Å². The molecule has 3 rings (SSSR count). The Bertz CT molecular complexity index is 720. The van der Waals surface area contributed by atoms with Crippen LogP contribution in [0.1, 0.15) is 28.8 Å². The number of anilines is 1. The van der Waals surface area contributed by atoms with E-state index in [4.69, 9.17) is 11.6 Å². The standard InChI is InChI=1S/C19H19ClN2O2/c20-16-7-5-15(6-8-16)19(24)21-17-9-3-14(4-10-17)13-18(23)22-11-1-2-12-22/h3-10H,1-2,11-13H2,(H,21,24). The van der Waals surface area contributed by atoms with Crippen molar-refractivity contribution in [2.24, 2.45) is 0 Å². The smallest absolute Gasteiger partial charge is 0.255 e. The zero-order chi connectivity index (χ0) is 16.9. The maximum Gasteiger partial charge on any atom is 0.255 e. The van der Waals surface area contributed by atoms with Gasteiger partial charge >= 0.3 is 0 Å². The minimum absolute atomic E-state index is 0.172. The summed E-state index contributed by atoms with van der Waals surface area (Å²) in [6, 6.07) is 14.1. The normalized spacial score (nSPS) is 13.8. The van der Waals surface area contributed by atoms with Crippen molar-refractivity contribution in [3.63, 3.8) is 0 Å². The van der Waals surface area contributed by atoms with E-state index in [1.165, 1.54) is 0 Å². The third-order valence-electron chi connectivity index (χ3n) is 4.13. The Morgan fingerprint density at radius 1 is 0.958 bits per heavy atom. The molecular weight excluding hydrogens is 324 g/mol. The van der Waals surface area contributed by atoms with E-state index >= 15 is 0 Å². The molecule has 24 heavy (non-hydrogen) atoms. The first kappa shape index (κ1) is 16.5. The number of carbonyl (C=O) groups excluding carboxylic acids is 2. The zero-order valence-corrected chi connectivity index (χ0v) is 14.1. The van der Waals surface area contributed by atoms with Crippen LogP contribution in [-0.2, 0) is 11.2 Å². The van der Waals surface area contributed by atoms with E-state index in [2.05, 4.69) is 5.32 Å². The number of benzene rings is 2. The average molecular weight is 343 g/mol. The number of hydrogen-bond donors (Lipinski definition) is 1. The Kier molecular flexibility index (Phi) is 5.16. The molecule has 1 saturated heterocycles. The van der Waals surface area contributed by atoms with E-state index < -0.39 is 0 Å². The van der Waals surface area contributed by atoms with Gasteiger partial charge in [0.1, 0.15) is 0 Å². The van der Waals surface area contributed by atoms with Crippen LogP contribution in [-0.4, -0.2) is 29.8 Å². The quantitative estimate of drug-likeness (QED) is 0.919. The maximum atomic E-state index is 12.1. The van der Waals surface area contributed by atoms with Crippen molar-refractivity contribution < 1.29 is 9.59 Å². The molecule has 0 radical (unpaired) electrons. The van der Waals surface area contributed by atoms with Gasteiger partial charge in [0.15, 0.2) is 0 Å². The van der Waals surface area contributed by atoms with Crippen molar-refractivity contribution in [3.05, 3.63) is 64.7 Å². The van der Waals surface area contributed by atoms with Gasteiger partial charge in [-0.1, -0.05) is 23.7 Å². The highest BCUT2D eigenvalue weighted by atomic mass is 35.5. The van der Waals surface area contributed by atoms with Crippen LogP contribution in [0.2, 0.25) is 5.02 Å². The maximum absolute atomic E-state index is 12.1. The second-order valence-electron chi connectivity index (χ2n) is 5.92. The summed E-state index contributed by atoms with van der Waals surface area (Å²) in [5.41, 5.74) is 2.21. The molecular formula is C19H19ClN2O2. The lowest BCUT2D eigenvalue weighted by atomic mass is 10.1. The molecule has 124 valence electrons. The first-order valence-electron chi connectivity index (χ1n) is 8.05. The topological polar surface area (TPSA) is 49.4 Å². The summed E-state index contributed by atoms with van der Waals surface area (Å²) in [4.78, 5) is 26.2. The van der Waals surface area contributed by atoms with Crippen molar-refractivity contribution in [1.82, 2.24) is 4.90 Å². The van der Waals surface area contributed by atoms with E-state index in [0.717, 1.165) is 31.5 Å². The number of halogens is 1. The van der Waals surface area contributed by atoms with E-state index in [1.807, 2.05) is 29.2 Å². The van der Waals surface area contributed by atoms with Gasteiger partial charge in [-0.05, 0) is 54.8 Å². The van der Waals surface area contributed by atoms with Crippen LogP contribution in [0.15, 0.2) is 48.5 Å². The summed E-state index contributed by atoms with van der Waals surface area (Å²) in [5, 5.41) is 3.43. The van der Waals surface area contributed by atoms with Crippen LogP contribution in [0.3, 0.4) is 0 Å². The van der Waals surface area contributed by atoms with Crippen molar-refractivity contribution in [3.8, 4) is 0 Å². The Balaban J connectivity index is 1.58. The lowest BCUT2D eigenvalue weighted by Crippen LogP contribution is -2.29. The van der Waals surface area contributed by atoms with Gasteiger partial charge < -0.3 is 10.2 Å². The molecule has 0 aliphatic carbocycles. The van der Waals surface area contributed by atoms with Gasteiger partial charge in [0.25, 0.3) is 5.91 Å². The van der Waals surface area contributed by atoms with Gasteiger partial charge in [-0.3, -0.25) is 9.59 Å². The monoisotopic (exact) mass is 342 g/mol. The number of likely N-dealkylation sites (tertiary alicyclic amines) is 1.